The minimum Gasteiger partial charge on any atom is -0.480 e. The van der Waals surface area contributed by atoms with E-state index in [4.69, 9.17) is 5.11 Å². The highest BCUT2D eigenvalue weighted by Gasteiger charge is 1.81. The average molecular weight is 183 g/mol. The lowest BCUT2D eigenvalue weighted by molar-refractivity contribution is -0.135. The van der Waals surface area contributed by atoms with Gasteiger partial charge in [-0.05, 0) is 0 Å². The van der Waals surface area contributed by atoms with E-state index in [0.29, 0.717) is 0 Å². The van der Waals surface area contributed by atoms with Gasteiger partial charge in [0.15, 0.2) is 0 Å². The molecular weight excluding hydrogens is 166 g/mol. The highest BCUT2D eigenvalue weighted by atomic mass is 16.4. The van der Waals surface area contributed by atoms with Crippen LogP contribution in [0.5, 0.6) is 0 Å². The van der Waals surface area contributed by atoms with E-state index in [-0.39, 0.29) is 39.4 Å². The molecular formula is C2H17NO8. The molecule has 15 N–H and O–H groups in total. The summed E-state index contributed by atoms with van der Waals surface area (Å²) in [5.74, 6) is -0.968. The van der Waals surface area contributed by atoms with Crippen molar-refractivity contribution in [3.8, 4) is 0 Å². The Labute approximate surface area is 62.3 Å². The van der Waals surface area contributed by atoms with Crippen molar-refractivity contribution in [3.63, 3.8) is 0 Å². The van der Waals surface area contributed by atoms with Crippen LogP contribution in [-0.2, 0) is 4.79 Å². The Morgan fingerprint density at radius 2 is 1.09 bits per heavy atom. The molecule has 0 radical (unpaired) electrons. The quantitative estimate of drug-likeness (QED) is 0.402. The Morgan fingerprint density at radius 3 is 1.09 bits per heavy atom. The van der Waals surface area contributed by atoms with Crippen molar-refractivity contribution in [1.82, 2.24) is 0 Å². The minimum atomic E-state index is -0.968. The van der Waals surface area contributed by atoms with Crippen molar-refractivity contribution in [1.29, 1.82) is 0 Å². The van der Waals surface area contributed by atoms with Crippen LogP contribution in [0.15, 0.2) is 0 Å². The van der Waals surface area contributed by atoms with Gasteiger partial charge in [-0.15, -0.1) is 0 Å². The Kier molecular flexibility index (Phi) is 466. The van der Waals surface area contributed by atoms with Crippen LogP contribution in [0, 0.1) is 0 Å². The summed E-state index contributed by atoms with van der Waals surface area (Å²) >= 11 is 0. The third-order valence-electron chi connectivity index (χ3n) is 0.175. The third kappa shape index (κ3) is 335. The van der Waals surface area contributed by atoms with Crippen molar-refractivity contribution < 1.29 is 42.8 Å². The van der Waals surface area contributed by atoms with Gasteiger partial charge in [-0.1, -0.05) is 0 Å². The van der Waals surface area contributed by atoms with Crippen molar-refractivity contribution >= 4 is 5.97 Å². The Bertz CT molecular complexity index is 47.4. The van der Waals surface area contributed by atoms with Gasteiger partial charge in [0.1, 0.15) is 0 Å². The van der Waals surface area contributed by atoms with Crippen LogP contribution in [0.2, 0.25) is 0 Å². The molecule has 0 fully saturated rings. The number of aliphatic carboxylic acids is 1. The number of carboxylic acids is 1. The molecule has 0 aliphatic carbocycles. The molecule has 11 heavy (non-hydrogen) atoms. The van der Waals surface area contributed by atoms with E-state index in [2.05, 4.69) is 5.73 Å². The summed E-state index contributed by atoms with van der Waals surface area (Å²) in [5, 5.41) is 7.60. The zero-order valence-electron chi connectivity index (χ0n) is 5.64. The molecule has 0 unspecified atom stereocenters. The van der Waals surface area contributed by atoms with Gasteiger partial charge in [-0.2, -0.15) is 0 Å². The van der Waals surface area contributed by atoms with E-state index in [1.807, 2.05) is 0 Å². The zero-order valence-corrected chi connectivity index (χ0v) is 5.64. The van der Waals surface area contributed by atoms with Crippen LogP contribution in [-0.4, -0.2) is 50.5 Å². The van der Waals surface area contributed by atoms with Crippen LogP contribution in [0.4, 0.5) is 0 Å². The number of carboxylic acid groups (broad SMARTS) is 1. The monoisotopic (exact) mass is 183 g/mol. The second kappa shape index (κ2) is 60.6. The molecule has 0 spiro atoms. The van der Waals surface area contributed by atoms with Crippen LogP contribution in [0.25, 0.3) is 0 Å². The van der Waals surface area contributed by atoms with Gasteiger partial charge in [-0.3, -0.25) is 4.79 Å². The van der Waals surface area contributed by atoms with E-state index < -0.39 is 5.97 Å². The standard InChI is InChI=1S/C2H5NO2.6H2O/c3-1-2(4)5;;;;;;/h1,3H2,(H,4,5);6*1H2. The van der Waals surface area contributed by atoms with Gasteiger partial charge in [0.25, 0.3) is 0 Å². The number of hydrogen-bond donors (Lipinski definition) is 2. The molecule has 0 rings (SSSR count). The molecule has 0 aliphatic heterocycles. The molecule has 0 aromatic rings. The lowest BCUT2D eigenvalue weighted by atomic mass is 10.7. The summed E-state index contributed by atoms with van der Waals surface area (Å²) in [6, 6.07) is 0. The molecule has 0 aromatic heterocycles. The Morgan fingerprint density at radius 1 is 1.00 bits per heavy atom. The van der Waals surface area contributed by atoms with Gasteiger partial charge >= 0.3 is 5.97 Å². The van der Waals surface area contributed by atoms with E-state index in [0.717, 1.165) is 0 Å². The summed E-state index contributed by atoms with van der Waals surface area (Å²) in [6.45, 7) is -0.278. The third-order valence-corrected chi connectivity index (χ3v) is 0.175. The lowest BCUT2D eigenvalue weighted by Crippen LogP contribution is -2.10. The summed E-state index contributed by atoms with van der Waals surface area (Å²) in [7, 11) is 0. The molecule has 0 atom stereocenters. The van der Waals surface area contributed by atoms with E-state index in [1.165, 1.54) is 0 Å². The number of carbonyl (C=O) groups is 1. The Balaban J connectivity index is -0.00000000533. The number of rotatable bonds is 1. The Hall–Kier alpha value is -0.810. The maximum absolute atomic E-state index is 9.24. The van der Waals surface area contributed by atoms with E-state index in [9.17, 15) is 4.79 Å². The SMILES string of the molecule is NCC(=O)O.O.O.O.O.O.O. The van der Waals surface area contributed by atoms with Crippen molar-refractivity contribution in [2.24, 2.45) is 5.73 Å². The molecule has 0 aliphatic rings. The van der Waals surface area contributed by atoms with E-state index in [1.54, 1.807) is 0 Å². The van der Waals surface area contributed by atoms with Crippen LogP contribution in [0.3, 0.4) is 0 Å². The molecule has 78 valence electrons. The highest BCUT2D eigenvalue weighted by Crippen LogP contribution is 1.43. The van der Waals surface area contributed by atoms with Gasteiger partial charge < -0.3 is 43.7 Å². The molecule has 0 bridgehead atoms. The second-order valence-corrected chi connectivity index (χ2v) is 0.598. The second-order valence-electron chi connectivity index (χ2n) is 0.598. The van der Waals surface area contributed by atoms with Crippen molar-refractivity contribution in [3.05, 3.63) is 0 Å². The van der Waals surface area contributed by atoms with Gasteiger partial charge in [0.2, 0.25) is 0 Å². The maximum atomic E-state index is 9.24. The van der Waals surface area contributed by atoms with Crippen LogP contribution >= 0.6 is 0 Å². The summed E-state index contributed by atoms with van der Waals surface area (Å²) < 4.78 is 0. The normalized spacial score (nSPS) is 3.36. The topological polar surface area (TPSA) is 252 Å². The predicted molar refractivity (Wildman–Crippen MR) is 38.4 cm³/mol. The number of hydrogen-bond acceptors (Lipinski definition) is 2. The lowest BCUT2D eigenvalue weighted by Gasteiger charge is -1.73. The molecule has 0 heterocycles. The van der Waals surface area contributed by atoms with Gasteiger partial charge in [-0.25, -0.2) is 0 Å². The van der Waals surface area contributed by atoms with Crippen LogP contribution in [0.1, 0.15) is 0 Å². The van der Waals surface area contributed by atoms with Crippen LogP contribution < -0.4 is 5.73 Å². The summed E-state index contributed by atoms with van der Waals surface area (Å²) in [5.41, 5.74) is 4.57. The van der Waals surface area contributed by atoms with Crippen molar-refractivity contribution in [2.75, 3.05) is 6.54 Å². The molecule has 9 heteroatoms. The first-order valence-corrected chi connectivity index (χ1v) is 1.19. The highest BCUT2D eigenvalue weighted by molar-refractivity contribution is 5.68. The largest absolute Gasteiger partial charge is 0.480 e. The fraction of sp³-hybridized carbons (Fsp3) is 0.500. The summed E-state index contributed by atoms with van der Waals surface area (Å²) in [4.78, 5) is 9.24. The molecule has 0 aromatic carbocycles. The first-order valence-electron chi connectivity index (χ1n) is 1.19. The van der Waals surface area contributed by atoms with Gasteiger partial charge in [0.05, 0.1) is 6.54 Å². The van der Waals surface area contributed by atoms with Gasteiger partial charge in [0, 0.05) is 0 Å². The zero-order chi connectivity index (χ0) is 4.28. The number of nitrogens with two attached hydrogens (primary N) is 1. The summed E-state index contributed by atoms with van der Waals surface area (Å²) in [6.07, 6.45) is 0. The van der Waals surface area contributed by atoms with E-state index >= 15 is 0 Å². The maximum Gasteiger partial charge on any atom is 0.317 e. The predicted octanol–water partition coefficient (Wildman–Crippen LogP) is -5.92. The smallest absolute Gasteiger partial charge is 0.317 e. The first-order chi connectivity index (χ1) is 2.27. The first kappa shape index (κ1) is 84.6. The average Bonchev–Trinajstić information content (AvgIpc) is 1.38. The fourth-order valence-corrected chi connectivity index (χ4v) is 0. The van der Waals surface area contributed by atoms with Crippen molar-refractivity contribution in [2.45, 2.75) is 0 Å². The minimum absolute atomic E-state index is 0. The molecule has 0 saturated heterocycles. The molecule has 0 amide bonds. The molecule has 9 nitrogen and oxygen atoms in total. The molecule has 0 saturated carbocycles. The fourth-order valence-electron chi connectivity index (χ4n) is 0.